The molecule has 17 heavy (non-hydrogen) atoms. The monoisotopic (exact) mass is 232 g/mol. The van der Waals surface area contributed by atoms with E-state index in [9.17, 15) is 5.11 Å². The Labute approximate surface area is 102 Å². The van der Waals surface area contributed by atoms with Gasteiger partial charge in [0.15, 0.2) is 0 Å². The zero-order chi connectivity index (χ0) is 12.1. The Balaban J connectivity index is 2.04. The van der Waals surface area contributed by atoms with E-state index in [2.05, 4.69) is 30.2 Å². The van der Waals surface area contributed by atoms with E-state index < -0.39 is 0 Å². The maximum Gasteiger partial charge on any atom is 0.0483 e. The van der Waals surface area contributed by atoms with Gasteiger partial charge >= 0.3 is 0 Å². The summed E-state index contributed by atoms with van der Waals surface area (Å²) in [6.45, 7) is 4.78. The van der Waals surface area contributed by atoms with Crippen molar-refractivity contribution in [2.45, 2.75) is 43.7 Å². The van der Waals surface area contributed by atoms with Gasteiger partial charge in [-0.3, -0.25) is 4.98 Å². The van der Waals surface area contributed by atoms with Crippen LogP contribution in [0.3, 0.4) is 0 Å². The lowest BCUT2D eigenvalue weighted by atomic mass is 9.66. The molecule has 0 radical (unpaired) electrons. The largest absolute Gasteiger partial charge is 0.396 e. The third-order valence-corrected chi connectivity index (χ3v) is 4.88. The summed E-state index contributed by atoms with van der Waals surface area (Å²) in [6, 6.07) is 4.12. The lowest BCUT2D eigenvalue weighted by Crippen LogP contribution is -2.41. The second-order valence-corrected chi connectivity index (χ2v) is 6.01. The van der Waals surface area contributed by atoms with Crippen LogP contribution in [0.5, 0.6) is 0 Å². The zero-order valence-electron chi connectivity index (χ0n) is 10.5. The van der Waals surface area contributed by atoms with Crippen LogP contribution in [0.25, 0.3) is 0 Å². The minimum Gasteiger partial charge on any atom is -0.396 e. The summed E-state index contributed by atoms with van der Waals surface area (Å²) < 4.78 is 0. The molecule has 0 spiro atoms. The zero-order valence-corrected chi connectivity index (χ0v) is 10.5. The fourth-order valence-electron chi connectivity index (χ4n) is 4.09. The van der Waals surface area contributed by atoms with Gasteiger partial charge in [0.05, 0.1) is 0 Å². The molecule has 2 aliphatic rings. The van der Waals surface area contributed by atoms with Crippen LogP contribution in [0.4, 0.5) is 0 Å². The predicted octanol–water partition coefficient (Wildman–Crippen LogP) is 1.69. The van der Waals surface area contributed by atoms with E-state index >= 15 is 0 Å². The van der Waals surface area contributed by atoms with E-state index in [1.807, 2.05) is 18.5 Å². The molecular weight excluding hydrogens is 212 g/mol. The summed E-state index contributed by atoms with van der Waals surface area (Å²) >= 11 is 0. The molecule has 0 aromatic carbocycles. The normalized spacial score (nSPS) is 44.2. The van der Waals surface area contributed by atoms with Crippen LogP contribution in [0.1, 0.15) is 38.2 Å². The molecule has 4 atom stereocenters. The quantitative estimate of drug-likeness (QED) is 0.815. The Morgan fingerprint density at radius 3 is 2.82 bits per heavy atom. The van der Waals surface area contributed by atoms with Gasteiger partial charge in [-0.15, -0.1) is 0 Å². The summed E-state index contributed by atoms with van der Waals surface area (Å²) in [5.74, 6) is 0.672. The van der Waals surface area contributed by atoms with Crippen molar-refractivity contribution in [3.05, 3.63) is 30.1 Å². The Hall–Kier alpha value is -0.930. The van der Waals surface area contributed by atoms with Crippen molar-refractivity contribution in [1.29, 1.82) is 0 Å². The first-order valence-electron chi connectivity index (χ1n) is 6.39. The van der Waals surface area contributed by atoms with Gasteiger partial charge in [-0.25, -0.2) is 0 Å². The topological polar surface area (TPSA) is 45.2 Å². The average Bonchev–Trinajstić information content (AvgIpc) is 2.75. The van der Waals surface area contributed by atoms with E-state index in [-0.39, 0.29) is 17.7 Å². The number of fused-ring (bicyclic) bond motifs is 2. The maximum absolute atomic E-state index is 9.74. The van der Waals surface area contributed by atoms with E-state index in [0.717, 1.165) is 6.42 Å². The summed E-state index contributed by atoms with van der Waals surface area (Å²) in [6.07, 6.45) is 6.09. The van der Waals surface area contributed by atoms with Gasteiger partial charge in [-0.1, -0.05) is 6.07 Å². The summed E-state index contributed by atoms with van der Waals surface area (Å²) in [7, 11) is 0. The molecule has 2 N–H and O–H groups in total. The van der Waals surface area contributed by atoms with E-state index in [0.29, 0.717) is 11.8 Å². The van der Waals surface area contributed by atoms with Crippen LogP contribution in [0, 0.1) is 5.92 Å². The number of nitrogens with zero attached hydrogens (tertiary/aromatic N) is 1. The Kier molecular flexibility index (Phi) is 2.32. The van der Waals surface area contributed by atoms with Crippen molar-refractivity contribution in [3.8, 4) is 0 Å². The lowest BCUT2D eigenvalue weighted by molar-refractivity contribution is 0.140. The van der Waals surface area contributed by atoms with Crippen molar-refractivity contribution in [3.63, 3.8) is 0 Å². The van der Waals surface area contributed by atoms with E-state index in [1.165, 1.54) is 12.0 Å². The van der Waals surface area contributed by atoms with Crippen molar-refractivity contribution in [1.82, 2.24) is 10.3 Å². The maximum atomic E-state index is 9.74. The molecule has 2 bridgehead atoms. The number of rotatable bonds is 2. The molecule has 2 fully saturated rings. The SMILES string of the molecule is CC12CCC(C)(N1)C(c1cccnc1)C2CO. The van der Waals surface area contributed by atoms with Gasteiger partial charge in [0.25, 0.3) is 0 Å². The van der Waals surface area contributed by atoms with Gasteiger partial charge in [0, 0.05) is 41.9 Å². The summed E-state index contributed by atoms with van der Waals surface area (Å²) in [5, 5.41) is 13.5. The first-order chi connectivity index (χ1) is 8.09. The van der Waals surface area contributed by atoms with Crippen molar-refractivity contribution < 1.29 is 5.11 Å². The highest BCUT2D eigenvalue weighted by atomic mass is 16.3. The van der Waals surface area contributed by atoms with Gasteiger partial charge in [-0.2, -0.15) is 0 Å². The summed E-state index contributed by atoms with van der Waals surface area (Å²) in [4.78, 5) is 4.23. The van der Waals surface area contributed by atoms with E-state index in [1.54, 1.807) is 0 Å². The van der Waals surface area contributed by atoms with Crippen molar-refractivity contribution >= 4 is 0 Å². The van der Waals surface area contributed by atoms with Gasteiger partial charge < -0.3 is 10.4 Å². The molecule has 1 aromatic heterocycles. The second kappa shape index (κ2) is 3.53. The highest BCUT2D eigenvalue weighted by molar-refractivity contribution is 5.31. The van der Waals surface area contributed by atoms with Crippen molar-refractivity contribution in [2.24, 2.45) is 5.92 Å². The molecule has 0 aliphatic carbocycles. The molecule has 3 rings (SSSR count). The molecule has 0 amide bonds. The van der Waals surface area contributed by atoms with Gasteiger partial charge in [0.1, 0.15) is 0 Å². The highest BCUT2D eigenvalue weighted by Gasteiger charge is 2.61. The number of hydrogen-bond donors (Lipinski definition) is 2. The molecule has 1 aromatic rings. The lowest BCUT2D eigenvalue weighted by Gasteiger charge is -2.37. The fraction of sp³-hybridized carbons (Fsp3) is 0.643. The molecule has 0 saturated carbocycles. The summed E-state index contributed by atoms with van der Waals surface area (Å²) in [5.41, 5.74) is 1.46. The Morgan fingerprint density at radius 1 is 1.41 bits per heavy atom. The van der Waals surface area contributed by atoms with Crippen LogP contribution in [0.15, 0.2) is 24.5 Å². The van der Waals surface area contributed by atoms with Crippen LogP contribution in [0.2, 0.25) is 0 Å². The Morgan fingerprint density at radius 2 is 2.18 bits per heavy atom. The number of hydrogen-bond acceptors (Lipinski definition) is 3. The molecule has 2 aliphatic heterocycles. The third-order valence-electron chi connectivity index (χ3n) is 4.88. The molecule has 3 nitrogen and oxygen atoms in total. The van der Waals surface area contributed by atoms with Crippen LogP contribution >= 0.6 is 0 Å². The number of nitrogens with one attached hydrogen (secondary N) is 1. The van der Waals surface area contributed by atoms with Gasteiger partial charge in [0.2, 0.25) is 0 Å². The molecule has 4 unspecified atom stereocenters. The molecule has 2 saturated heterocycles. The smallest absolute Gasteiger partial charge is 0.0483 e. The molecular formula is C14H20N2O. The third kappa shape index (κ3) is 1.45. The first-order valence-corrected chi connectivity index (χ1v) is 6.39. The molecule has 92 valence electrons. The predicted molar refractivity (Wildman–Crippen MR) is 66.7 cm³/mol. The highest BCUT2D eigenvalue weighted by Crippen LogP contribution is 2.56. The minimum absolute atomic E-state index is 0.0873. The van der Waals surface area contributed by atoms with Crippen molar-refractivity contribution in [2.75, 3.05) is 6.61 Å². The number of aliphatic hydroxyl groups excluding tert-OH is 1. The number of aliphatic hydroxyl groups is 1. The second-order valence-electron chi connectivity index (χ2n) is 6.01. The van der Waals surface area contributed by atoms with Crippen LogP contribution in [-0.2, 0) is 0 Å². The molecule has 3 heterocycles. The number of aromatic nitrogens is 1. The minimum atomic E-state index is 0.0873. The number of pyridine rings is 1. The first kappa shape index (κ1) is 11.2. The van der Waals surface area contributed by atoms with Gasteiger partial charge in [-0.05, 0) is 38.3 Å². The fourth-order valence-corrected chi connectivity index (χ4v) is 4.09. The Bertz CT molecular complexity index is 421. The van der Waals surface area contributed by atoms with Crippen LogP contribution in [-0.4, -0.2) is 27.8 Å². The average molecular weight is 232 g/mol. The molecule has 3 heteroatoms. The standard InChI is InChI=1S/C14H20N2O/c1-13-5-6-14(2,16-13)12(11(13)9-17)10-4-3-7-15-8-10/h3-4,7-8,11-12,16-17H,5-6,9H2,1-2H3. The van der Waals surface area contributed by atoms with Crippen LogP contribution < -0.4 is 5.32 Å². The van der Waals surface area contributed by atoms with E-state index in [4.69, 9.17) is 0 Å².